The Morgan fingerprint density at radius 3 is 1.73 bits per heavy atom. The molecular formula is C9H19NO. The van der Waals surface area contributed by atoms with Crippen LogP contribution >= 0.6 is 0 Å². The summed E-state index contributed by atoms with van der Waals surface area (Å²) in [6.07, 6.45) is 0. The van der Waals surface area contributed by atoms with E-state index in [1.54, 1.807) is 0 Å². The van der Waals surface area contributed by atoms with E-state index >= 15 is 0 Å². The zero-order chi connectivity index (χ0) is 9.23. The lowest BCUT2D eigenvalue weighted by atomic mass is 9.71. The monoisotopic (exact) mass is 157 g/mol. The Hall–Kier alpha value is -0.530. The Balaban J connectivity index is 4.41. The second-order valence-electron chi connectivity index (χ2n) is 4.10. The predicted molar refractivity (Wildman–Crippen MR) is 47.0 cm³/mol. The van der Waals surface area contributed by atoms with Crippen molar-refractivity contribution >= 4 is 5.91 Å². The number of rotatable bonds is 3. The van der Waals surface area contributed by atoms with Crippen molar-refractivity contribution in [2.45, 2.75) is 34.6 Å². The first kappa shape index (κ1) is 10.5. The Bertz CT molecular complexity index is 150. The molecule has 0 aromatic carbocycles. The molecule has 0 radical (unpaired) electrons. The molecule has 1 amide bonds. The summed E-state index contributed by atoms with van der Waals surface area (Å²) in [4.78, 5) is 10.9. The number of primary amides is 1. The van der Waals surface area contributed by atoms with Crippen LogP contribution in [0.5, 0.6) is 0 Å². The van der Waals surface area contributed by atoms with Gasteiger partial charge in [-0.25, -0.2) is 0 Å². The third-order valence-corrected chi connectivity index (χ3v) is 3.03. The van der Waals surface area contributed by atoms with Gasteiger partial charge in [-0.05, 0) is 11.3 Å². The molecule has 0 saturated heterocycles. The van der Waals surface area contributed by atoms with Crippen molar-refractivity contribution in [1.29, 1.82) is 0 Å². The van der Waals surface area contributed by atoms with Gasteiger partial charge in [-0.3, -0.25) is 4.79 Å². The minimum Gasteiger partial charge on any atom is -0.369 e. The van der Waals surface area contributed by atoms with Crippen molar-refractivity contribution in [3.63, 3.8) is 0 Å². The molecule has 0 aromatic heterocycles. The number of hydrogen-bond donors (Lipinski definition) is 1. The lowest BCUT2D eigenvalue weighted by Crippen LogP contribution is -2.36. The first-order chi connectivity index (χ1) is 4.80. The van der Waals surface area contributed by atoms with Gasteiger partial charge in [0.25, 0.3) is 0 Å². The van der Waals surface area contributed by atoms with Crippen molar-refractivity contribution in [3.05, 3.63) is 0 Å². The maximum atomic E-state index is 10.9. The fourth-order valence-corrected chi connectivity index (χ4v) is 0.867. The molecule has 0 aliphatic rings. The fraction of sp³-hybridized carbons (Fsp3) is 0.889. The molecule has 66 valence electrons. The Morgan fingerprint density at radius 2 is 1.64 bits per heavy atom. The van der Waals surface area contributed by atoms with Gasteiger partial charge in [0, 0.05) is 5.92 Å². The van der Waals surface area contributed by atoms with Gasteiger partial charge in [-0.15, -0.1) is 0 Å². The first-order valence-electron chi connectivity index (χ1n) is 4.09. The average Bonchev–Trinajstić information content (AvgIpc) is 1.85. The molecule has 0 aliphatic heterocycles. The van der Waals surface area contributed by atoms with Gasteiger partial charge < -0.3 is 5.73 Å². The first-order valence-corrected chi connectivity index (χ1v) is 4.09. The van der Waals surface area contributed by atoms with E-state index in [9.17, 15) is 4.79 Å². The zero-order valence-electron chi connectivity index (χ0n) is 8.14. The van der Waals surface area contributed by atoms with Crippen LogP contribution in [0.2, 0.25) is 0 Å². The summed E-state index contributed by atoms with van der Waals surface area (Å²) >= 11 is 0. The van der Waals surface area contributed by atoms with E-state index in [0.717, 1.165) is 0 Å². The fourth-order valence-electron chi connectivity index (χ4n) is 0.867. The molecule has 2 N–H and O–H groups in total. The van der Waals surface area contributed by atoms with Gasteiger partial charge in [-0.1, -0.05) is 34.6 Å². The lowest BCUT2D eigenvalue weighted by molar-refractivity contribution is -0.125. The van der Waals surface area contributed by atoms with Crippen LogP contribution in [0.15, 0.2) is 0 Å². The topological polar surface area (TPSA) is 43.1 Å². The number of carbonyl (C=O) groups excluding carboxylic acids is 1. The summed E-state index contributed by atoms with van der Waals surface area (Å²) in [5, 5.41) is 0. The smallest absolute Gasteiger partial charge is 0.220 e. The van der Waals surface area contributed by atoms with Crippen LogP contribution in [0.4, 0.5) is 0 Å². The molecule has 11 heavy (non-hydrogen) atoms. The second kappa shape index (κ2) is 3.24. The maximum absolute atomic E-state index is 10.9. The van der Waals surface area contributed by atoms with Crippen molar-refractivity contribution < 1.29 is 4.79 Å². The van der Waals surface area contributed by atoms with E-state index in [0.29, 0.717) is 5.92 Å². The lowest BCUT2D eigenvalue weighted by Gasteiger charge is -2.33. The second-order valence-corrected chi connectivity index (χ2v) is 4.10. The van der Waals surface area contributed by atoms with E-state index in [-0.39, 0.29) is 17.2 Å². The van der Waals surface area contributed by atoms with E-state index in [1.165, 1.54) is 0 Å². The van der Waals surface area contributed by atoms with Crippen LogP contribution in [0.1, 0.15) is 34.6 Å². The molecule has 0 aliphatic carbocycles. The predicted octanol–water partition coefficient (Wildman–Crippen LogP) is 1.79. The summed E-state index contributed by atoms with van der Waals surface area (Å²) in [5.41, 5.74) is 5.23. The van der Waals surface area contributed by atoms with Crippen molar-refractivity contribution in [3.8, 4) is 0 Å². The van der Waals surface area contributed by atoms with Crippen molar-refractivity contribution in [2.75, 3.05) is 0 Å². The number of amides is 1. The molecule has 1 unspecified atom stereocenters. The van der Waals surface area contributed by atoms with Gasteiger partial charge >= 0.3 is 0 Å². The molecule has 0 saturated carbocycles. The molecular weight excluding hydrogens is 138 g/mol. The number of nitrogens with two attached hydrogens (primary N) is 1. The minimum atomic E-state index is -0.205. The molecule has 0 aromatic rings. The Kier molecular flexibility index (Phi) is 3.09. The van der Waals surface area contributed by atoms with Crippen LogP contribution in [0.25, 0.3) is 0 Å². The van der Waals surface area contributed by atoms with E-state index in [2.05, 4.69) is 27.7 Å². The third-order valence-electron chi connectivity index (χ3n) is 3.03. The van der Waals surface area contributed by atoms with Gasteiger partial charge in [0.1, 0.15) is 0 Å². The summed E-state index contributed by atoms with van der Waals surface area (Å²) in [7, 11) is 0. The molecule has 0 bridgehead atoms. The van der Waals surface area contributed by atoms with Crippen LogP contribution in [0, 0.1) is 17.3 Å². The average molecular weight is 157 g/mol. The summed E-state index contributed by atoms with van der Waals surface area (Å²) in [5.74, 6) is 0.219. The molecule has 1 atom stereocenters. The minimum absolute atomic E-state index is 0.00579. The highest BCUT2D eigenvalue weighted by atomic mass is 16.1. The van der Waals surface area contributed by atoms with Gasteiger partial charge in [-0.2, -0.15) is 0 Å². The standard InChI is InChI=1S/C9H19NO/c1-6(2)9(4,5)7(3)8(10)11/h6-7H,1-5H3,(H2,10,11). The summed E-state index contributed by atoms with van der Waals surface area (Å²) < 4.78 is 0. The quantitative estimate of drug-likeness (QED) is 0.666. The number of carbonyl (C=O) groups is 1. The molecule has 2 nitrogen and oxygen atoms in total. The summed E-state index contributed by atoms with van der Waals surface area (Å²) in [6, 6.07) is 0. The van der Waals surface area contributed by atoms with Crippen LogP contribution < -0.4 is 5.73 Å². The highest BCUT2D eigenvalue weighted by Gasteiger charge is 2.32. The maximum Gasteiger partial charge on any atom is 0.220 e. The molecule has 0 rings (SSSR count). The van der Waals surface area contributed by atoms with Gasteiger partial charge in [0.2, 0.25) is 5.91 Å². The molecule has 0 heterocycles. The highest BCUT2D eigenvalue weighted by molar-refractivity contribution is 5.77. The largest absolute Gasteiger partial charge is 0.369 e. The van der Waals surface area contributed by atoms with Crippen LogP contribution in [-0.2, 0) is 4.79 Å². The van der Waals surface area contributed by atoms with E-state index < -0.39 is 0 Å². The van der Waals surface area contributed by atoms with Gasteiger partial charge in [0.15, 0.2) is 0 Å². The third kappa shape index (κ3) is 2.21. The van der Waals surface area contributed by atoms with Crippen LogP contribution in [0.3, 0.4) is 0 Å². The Labute approximate surface area is 69.2 Å². The van der Waals surface area contributed by atoms with E-state index in [4.69, 9.17) is 5.73 Å². The summed E-state index contributed by atoms with van der Waals surface area (Å²) in [6.45, 7) is 10.3. The number of hydrogen-bond acceptors (Lipinski definition) is 1. The van der Waals surface area contributed by atoms with E-state index in [1.807, 2.05) is 6.92 Å². The molecule has 0 fully saturated rings. The zero-order valence-corrected chi connectivity index (χ0v) is 8.14. The van der Waals surface area contributed by atoms with Crippen molar-refractivity contribution in [1.82, 2.24) is 0 Å². The SMILES string of the molecule is CC(C)C(C)(C)C(C)C(N)=O. The van der Waals surface area contributed by atoms with Crippen molar-refractivity contribution in [2.24, 2.45) is 23.0 Å². The molecule has 0 spiro atoms. The Morgan fingerprint density at radius 1 is 1.27 bits per heavy atom. The highest BCUT2D eigenvalue weighted by Crippen LogP contribution is 2.34. The normalized spacial score (nSPS) is 15.1. The van der Waals surface area contributed by atoms with Crippen LogP contribution in [-0.4, -0.2) is 5.91 Å². The molecule has 2 heteroatoms. The van der Waals surface area contributed by atoms with Gasteiger partial charge in [0.05, 0.1) is 0 Å².